The third-order valence-electron chi connectivity index (χ3n) is 5.22. The molecule has 0 radical (unpaired) electrons. The molecule has 0 spiro atoms. The zero-order valence-electron chi connectivity index (χ0n) is 18.7. The zero-order valence-corrected chi connectivity index (χ0v) is 18.7. The van der Waals surface area contributed by atoms with Gasteiger partial charge in [-0.25, -0.2) is 4.79 Å². The van der Waals surface area contributed by atoms with Crippen LogP contribution in [0.2, 0.25) is 0 Å². The predicted molar refractivity (Wildman–Crippen MR) is 121 cm³/mol. The molecular weight excluding hydrogens is 410 g/mol. The van der Waals surface area contributed by atoms with Crippen molar-refractivity contribution in [1.29, 1.82) is 0 Å². The average molecular weight is 437 g/mol. The van der Waals surface area contributed by atoms with Gasteiger partial charge in [0.05, 0.1) is 26.0 Å². The van der Waals surface area contributed by atoms with Crippen molar-refractivity contribution in [2.45, 2.75) is 20.3 Å². The molecule has 0 saturated heterocycles. The van der Waals surface area contributed by atoms with Crippen LogP contribution in [0.25, 0.3) is 11.3 Å². The van der Waals surface area contributed by atoms with Gasteiger partial charge in [0, 0.05) is 36.3 Å². The molecule has 1 aliphatic carbocycles. The van der Waals surface area contributed by atoms with E-state index in [-0.39, 0.29) is 6.61 Å². The zero-order chi connectivity index (χ0) is 22.7. The Balaban J connectivity index is 1.66. The number of esters is 1. The average Bonchev–Trinajstić information content (AvgIpc) is 3.29. The maximum Gasteiger partial charge on any atom is 0.343 e. The lowest BCUT2D eigenvalue weighted by Gasteiger charge is -2.14. The van der Waals surface area contributed by atoms with Gasteiger partial charge in [0.15, 0.2) is 23.9 Å². The van der Waals surface area contributed by atoms with Crippen LogP contribution in [-0.4, -0.2) is 42.7 Å². The normalized spacial score (nSPS) is 11.5. The monoisotopic (exact) mass is 437 g/mol. The van der Waals surface area contributed by atoms with E-state index in [4.69, 9.17) is 19.3 Å². The number of carbonyl (C=O) groups excluding carboxylic acids is 1. The molecule has 0 atom stereocenters. The van der Waals surface area contributed by atoms with Gasteiger partial charge in [-0.15, -0.1) is 0 Å². The quantitative estimate of drug-likeness (QED) is 0.395. The number of anilines is 2. The lowest BCUT2D eigenvalue weighted by Crippen LogP contribution is -2.13. The first-order chi connectivity index (χ1) is 15.5. The SMILES string of the molecule is CCOc1cccc(Nc2nn(C)c3c2Cc2cc(OCC)c(OCC(=O)OC)cc2-3)c1. The molecule has 8 nitrogen and oxygen atoms in total. The summed E-state index contributed by atoms with van der Waals surface area (Å²) in [6.07, 6.45) is 0.712. The summed E-state index contributed by atoms with van der Waals surface area (Å²) < 4.78 is 23.6. The second kappa shape index (κ2) is 9.21. The standard InChI is InChI=1S/C24H27N3O5/c1-5-30-17-9-7-8-16(12-17)25-24-19-10-15-11-20(31-6-2)21(32-14-22(28)29-4)13-18(15)23(19)27(3)26-24/h7-9,11-13H,5-6,10,14H2,1-4H3,(H,25,26). The molecule has 0 saturated carbocycles. The largest absolute Gasteiger partial charge is 0.494 e. The van der Waals surface area contributed by atoms with Gasteiger partial charge in [-0.1, -0.05) is 6.07 Å². The number of benzene rings is 2. The third kappa shape index (κ3) is 4.21. The summed E-state index contributed by atoms with van der Waals surface area (Å²) >= 11 is 0. The molecule has 0 amide bonds. The molecule has 32 heavy (non-hydrogen) atoms. The van der Waals surface area contributed by atoms with E-state index >= 15 is 0 Å². The molecule has 0 aliphatic heterocycles. The highest BCUT2D eigenvalue weighted by atomic mass is 16.6. The van der Waals surface area contributed by atoms with Crippen molar-refractivity contribution in [2.24, 2.45) is 7.05 Å². The minimum absolute atomic E-state index is 0.184. The molecular formula is C24H27N3O5. The van der Waals surface area contributed by atoms with Crippen molar-refractivity contribution in [3.8, 4) is 28.5 Å². The number of nitrogens with zero attached hydrogens (tertiary/aromatic N) is 2. The molecule has 1 aliphatic rings. The Morgan fingerprint density at radius 2 is 1.88 bits per heavy atom. The fraction of sp³-hybridized carbons (Fsp3) is 0.333. The number of hydrogen-bond acceptors (Lipinski definition) is 7. The Morgan fingerprint density at radius 3 is 2.62 bits per heavy atom. The molecule has 2 aromatic carbocycles. The first-order valence-electron chi connectivity index (χ1n) is 10.6. The van der Waals surface area contributed by atoms with Gasteiger partial charge in [-0.05, 0) is 43.7 Å². The summed E-state index contributed by atoms with van der Waals surface area (Å²) in [5.41, 5.74) is 5.14. The van der Waals surface area contributed by atoms with Crippen LogP contribution in [0.15, 0.2) is 36.4 Å². The number of nitrogens with one attached hydrogen (secondary N) is 1. The Labute approximate surface area is 187 Å². The van der Waals surface area contributed by atoms with Gasteiger partial charge in [0.1, 0.15) is 5.75 Å². The molecule has 1 heterocycles. The van der Waals surface area contributed by atoms with E-state index in [0.717, 1.165) is 39.6 Å². The highest BCUT2D eigenvalue weighted by molar-refractivity contribution is 5.82. The molecule has 1 aromatic heterocycles. The Bertz CT molecular complexity index is 1140. The number of aryl methyl sites for hydroxylation is 1. The Kier molecular flexibility index (Phi) is 6.20. The van der Waals surface area contributed by atoms with Gasteiger partial charge in [-0.3, -0.25) is 4.68 Å². The van der Waals surface area contributed by atoms with E-state index in [1.54, 1.807) is 0 Å². The number of ether oxygens (including phenoxy) is 4. The number of fused-ring (bicyclic) bond motifs is 3. The van der Waals surface area contributed by atoms with Crippen LogP contribution < -0.4 is 19.5 Å². The Morgan fingerprint density at radius 1 is 1.09 bits per heavy atom. The van der Waals surface area contributed by atoms with E-state index in [0.29, 0.717) is 31.1 Å². The van der Waals surface area contributed by atoms with Crippen molar-refractivity contribution in [3.63, 3.8) is 0 Å². The number of aromatic nitrogens is 2. The fourth-order valence-corrected chi connectivity index (χ4v) is 3.88. The number of carbonyl (C=O) groups is 1. The van der Waals surface area contributed by atoms with Gasteiger partial charge < -0.3 is 24.3 Å². The van der Waals surface area contributed by atoms with Gasteiger partial charge in [0.2, 0.25) is 0 Å². The van der Waals surface area contributed by atoms with Crippen molar-refractivity contribution in [3.05, 3.63) is 47.5 Å². The molecule has 168 valence electrons. The molecule has 8 heteroatoms. The summed E-state index contributed by atoms with van der Waals surface area (Å²) in [6.45, 7) is 4.79. The number of hydrogen-bond donors (Lipinski definition) is 1. The second-order valence-electron chi connectivity index (χ2n) is 7.32. The number of methoxy groups -OCH3 is 1. The Hall–Kier alpha value is -3.68. The minimum Gasteiger partial charge on any atom is -0.494 e. The summed E-state index contributed by atoms with van der Waals surface area (Å²) in [4.78, 5) is 11.6. The molecule has 3 aromatic rings. The van der Waals surface area contributed by atoms with E-state index in [1.165, 1.54) is 7.11 Å². The molecule has 0 unspecified atom stereocenters. The predicted octanol–water partition coefficient (Wildman–Crippen LogP) is 4.08. The van der Waals surface area contributed by atoms with E-state index < -0.39 is 5.97 Å². The lowest BCUT2D eigenvalue weighted by molar-refractivity contribution is -0.142. The van der Waals surface area contributed by atoms with Crippen LogP contribution in [0, 0.1) is 0 Å². The van der Waals surface area contributed by atoms with Crippen LogP contribution >= 0.6 is 0 Å². The molecule has 1 N–H and O–H groups in total. The lowest BCUT2D eigenvalue weighted by atomic mass is 10.1. The topological polar surface area (TPSA) is 83.8 Å². The minimum atomic E-state index is -0.449. The molecule has 0 bridgehead atoms. The van der Waals surface area contributed by atoms with Crippen LogP contribution in [0.4, 0.5) is 11.5 Å². The van der Waals surface area contributed by atoms with Crippen LogP contribution in [-0.2, 0) is 23.0 Å². The molecule has 4 rings (SSSR count). The van der Waals surface area contributed by atoms with Gasteiger partial charge >= 0.3 is 5.97 Å². The maximum absolute atomic E-state index is 11.6. The van der Waals surface area contributed by atoms with Crippen LogP contribution in [0.3, 0.4) is 0 Å². The first-order valence-corrected chi connectivity index (χ1v) is 10.6. The van der Waals surface area contributed by atoms with E-state index in [9.17, 15) is 4.79 Å². The van der Waals surface area contributed by atoms with Crippen molar-refractivity contribution >= 4 is 17.5 Å². The summed E-state index contributed by atoms with van der Waals surface area (Å²) in [7, 11) is 3.25. The van der Waals surface area contributed by atoms with Crippen molar-refractivity contribution in [1.82, 2.24) is 9.78 Å². The smallest absolute Gasteiger partial charge is 0.343 e. The van der Waals surface area contributed by atoms with Crippen LogP contribution in [0.5, 0.6) is 17.2 Å². The van der Waals surface area contributed by atoms with Crippen molar-refractivity contribution in [2.75, 3.05) is 32.2 Å². The van der Waals surface area contributed by atoms with Gasteiger partial charge in [-0.2, -0.15) is 5.10 Å². The summed E-state index contributed by atoms with van der Waals surface area (Å²) in [5.74, 6) is 2.26. The van der Waals surface area contributed by atoms with E-state index in [1.807, 2.05) is 62.0 Å². The van der Waals surface area contributed by atoms with Crippen molar-refractivity contribution < 1.29 is 23.7 Å². The first kappa shape index (κ1) is 21.5. The van der Waals surface area contributed by atoms with Crippen LogP contribution in [0.1, 0.15) is 25.0 Å². The highest BCUT2D eigenvalue weighted by Crippen LogP contribution is 2.45. The van der Waals surface area contributed by atoms with Gasteiger partial charge in [0.25, 0.3) is 0 Å². The number of rotatable bonds is 9. The maximum atomic E-state index is 11.6. The summed E-state index contributed by atoms with van der Waals surface area (Å²) in [6, 6.07) is 11.7. The highest BCUT2D eigenvalue weighted by Gasteiger charge is 2.29. The fourth-order valence-electron chi connectivity index (χ4n) is 3.88. The summed E-state index contributed by atoms with van der Waals surface area (Å²) in [5, 5.41) is 8.12. The third-order valence-corrected chi connectivity index (χ3v) is 5.22. The molecule has 0 fully saturated rings. The second-order valence-corrected chi connectivity index (χ2v) is 7.32. The van der Waals surface area contributed by atoms with E-state index in [2.05, 4.69) is 10.1 Å².